The van der Waals surface area contributed by atoms with Crippen LogP contribution in [0.2, 0.25) is 0 Å². The third-order valence-electron chi connectivity index (χ3n) is 2.11. The Morgan fingerprint density at radius 1 is 1.20 bits per heavy atom. The fraction of sp³-hybridized carbons (Fsp3) is 0.429. The highest BCUT2D eigenvalue weighted by molar-refractivity contribution is 5.50. The van der Waals surface area contributed by atoms with Gasteiger partial charge in [-0.3, -0.25) is 0 Å². The Kier molecular flexibility index (Phi) is 4.96. The molecule has 0 aliphatic heterocycles. The number of hydrogen-bond donors (Lipinski definition) is 0. The minimum Gasteiger partial charge on any atom is -0.494 e. The summed E-state index contributed by atoms with van der Waals surface area (Å²) >= 11 is 0. The number of rotatable bonds is 5. The fourth-order valence-electron chi connectivity index (χ4n) is 1.32. The Bertz CT molecular complexity index is 296. The van der Waals surface area contributed by atoms with E-state index in [-0.39, 0.29) is 0 Å². The summed E-state index contributed by atoms with van der Waals surface area (Å²) < 4.78 is 5.38. The van der Waals surface area contributed by atoms with Gasteiger partial charge in [0.2, 0.25) is 0 Å². The van der Waals surface area contributed by atoms with E-state index < -0.39 is 0 Å². The molecule has 0 atom stereocenters. The SMILES string of the molecule is CCOc1ccc(C=CCC(C)C)cc1. The lowest BCUT2D eigenvalue weighted by Gasteiger charge is -2.02. The molecule has 0 amide bonds. The molecular formula is C14H20O. The van der Waals surface area contributed by atoms with Crippen molar-refractivity contribution in [2.45, 2.75) is 27.2 Å². The zero-order valence-electron chi connectivity index (χ0n) is 9.86. The van der Waals surface area contributed by atoms with Gasteiger partial charge >= 0.3 is 0 Å². The van der Waals surface area contributed by atoms with Gasteiger partial charge in [-0.15, -0.1) is 0 Å². The van der Waals surface area contributed by atoms with Crippen molar-refractivity contribution in [2.75, 3.05) is 6.61 Å². The highest BCUT2D eigenvalue weighted by Crippen LogP contribution is 2.13. The lowest BCUT2D eigenvalue weighted by atomic mass is 10.1. The number of hydrogen-bond acceptors (Lipinski definition) is 1. The van der Waals surface area contributed by atoms with Crippen LogP contribution in [0.5, 0.6) is 5.75 Å². The second-order valence-corrected chi connectivity index (χ2v) is 4.03. The number of benzene rings is 1. The minimum absolute atomic E-state index is 0.725. The van der Waals surface area contributed by atoms with E-state index in [9.17, 15) is 0 Å². The van der Waals surface area contributed by atoms with Crippen LogP contribution >= 0.6 is 0 Å². The van der Waals surface area contributed by atoms with Crippen LogP contribution in [0.15, 0.2) is 30.3 Å². The van der Waals surface area contributed by atoms with Crippen molar-refractivity contribution in [1.82, 2.24) is 0 Å². The third-order valence-corrected chi connectivity index (χ3v) is 2.11. The average molecular weight is 204 g/mol. The molecule has 0 unspecified atom stereocenters. The Balaban J connectivity index is 2.52. The molecule has 82 valence electrons. The van der Waals surface area contributed by atoms with E-state index in [1.165, 1.54) is 5.56 Å². The second-order valence-electron chi connectivity index (χ2n) is 4.03. The summed E-state index contributed by atoms with van der Waals surface area (Å²) in [6.07, 6.45) is 5.52. The van der Waals surface area contributed by atoms with Gasteiger partial charge in [0.1, 0.15) is 5.75 Å². The Morgan fingerprint density at radius 2 is 1.87 bits per heavy atom. The molecule has 1 aromatic rings. The summed E-state index contributed by atoms with van der Waals surface area (Å²) in [4.78, 5) is 0. The monoisotopic (exact) mass is 204 g/mol. The quantitative estimate of drug-likeness (QED) is 0.700. The van der Waals surface area contributed by atoms with Crippen LogP contribution in [0.25, 0.3) is 6.08 Å². The topological polar surface area (TPSA) is 9.23 Å². The van der Waals surface area contributed by atoms with E-state index in [2.05, 4.69) is 38.1 Å². The summed E-state index contributed by atoms with van der Waals surface area (Å²) in [5, 5.41) is 0. The summed E-state index contributed by atoms with van der Waals surface area (Å²) in [7, 11) is 0. The molecule has 1 heteroatoms. The van der Waals surface area contributed by atoms with Gasteiger partial charge in [-0.2, -0.15) is 0 Å². The van der Waals surface area contributed by atoms with Crippen LogP contribution in [0.3, 0.4) is 0 Å². The standard InChI is InChI=1S/C14H20O/c1-4-15-14-10-8-13(9-11-14)7-5-6-12(2)3/h5,7-12H,4,6H2,1-3H3. The van der Waals surface area contributed by atoms with Crippen molar-refractivity contribution in [3.8, 4) is 5.75 Å². The summed E-state index contributed by atoms with van der Waals surface area (Å²) in [6.45, 7) is 7.17. The van der Waals surface area contributed by atoms with Gasteiger partial charge in [0, 0.05) is 0 Å². The van der Waals surface area contributed by atoms with E-state index in [1.54, 1.807) is 0 Å². The van der Waals surface area contributed by atoms with Crippen LogP contribution in [0.1, 0.15) is 32.8 Å². The predicted molar refractivity (Wildman–Crippen MR) is 66.1 cm³/mol. The van der Waals surface area contributed by atoms with Gasteiger partial charge in [-0.05, 0) is 37.0 Å². The Labute approximate surface area is 92.8 Å². The van der Waals surface area contributed by atoms with Crippen LogP contribution < -0.4 is 4.74 Å². The first kappa shape index (κ1) is 11.8. The van der Waals surface area contributed by atoms with Gasteiger partial charge in [-0.25, -0.2) is 0 Å². The molecule has 0 saturated carbocycles. The van der Waals surface area contributed by atoms with E-state index in [0.717, 1.165) is 24.7 Å². The molecule has 0 spiro atoms. The molecule has 0 aliphatic carbocycles. The maximum absolute atomic E-state index is 5.38. The molecule has 0 heterocycles. The largest absolute Gasteiger partial charge is 0.494 e. The number of allylic oxidation sites excluding steroid dienone is 1. The molecule has 1 aromatic carbocycles. The smallest absolute Gasteiger partial charge is 0.119 e. The molecule has 1 nitrogen and oxygen atoms in total. The van der Waals surface area contributed by atoms with E-state index in [1.807, 2.05) is 19.1 Å². The molecule has 0 bridgehead atoms. The first-order chi connectivity index (χ1) is 7.22. The van der Waals surface area contributed by atoms with Crippen LogP contribution in [0, 0.1) is 5.92 Å². The third kappa shape index (κ3) is 4.68. The van der Waals surface area contributed by atoms with Gasteiger partial charge in [0.15, 0.2) is 0 Å². The summed E-state index contributed by atoms with van der Waals surface area (Å²) in [6, 6.07) is 8.20. The van der Waals surface area contributed by atoms with Gasteiger partial charge in [-0.1, -0.05) is 38.1 Å². The highest BCUT2D eigenvalue weighted by atomic mass is 16.5. The molecule has 0 aromatic heterocycles. The van der Waals surface area contributed by atoms with Crippen molar-refractivity contribution >= 4 is 6.08 Å². The highest BCUT2D eigenvalue weighted by Gasteiger charge is 1.92. The molecule has 0 radical (unpaired) electrons. The molecule has 0 N–H and O–H groups in total. The van der Waals surface area contributed by atoms with Gasteiger partial charge in [0.05, 0.1) is 6.61 Å². The van der Waals surface area contributed by atoms with Gasteiger partial charge in [0.25, 0.3) is 0 Å². The van der Waals surface area contributed by atoms with Crippen molar-refractivity contribution in [3.63, 3.8) is 0 Å². The van der Waals surface area contributed by atoms with Crippen LogP contribution in [-0.4, -0.2) is 6.61 Å². The van der Waals surface area contributed by atoms with E-state index in [4.69, 9.17) is 4.74 Å². The molecule has 1 rings (SSSR count). The molecule has 0 aliphatic rings. The van der Waals surface area contributed by atoms with Crippen LogP contribution in [-0.2, 0) is 0 Å². The molecule has 15 heavy (non-hydrogen) atoms. The average Bonchev–Trinajstić information content (AvgIpc) is 2.20. The Morgan fingerprint density at radius 3 is 2.40 bits per heavy atom. The zero-order valence-corrected chi connectivity index (χ0v) is 9.86. The zero-order chi connectivity index (χ0) is 11.1. The second kappa shape index (κ2) is 6.28. The summed E-state index contributed by atoms with van der Waals surface area (Å²) in [5.74, 6) is 1.67. The summed E-state index contributed by atoms with van der Waals surface area (Å²) in [5.41, 5.74) is 1.24. The van der Waals surface area contributed by atoms with Crippen molar-refractivity contribution in [3.05, 3.63) is 35.9 Å². The normalized spacial score (nSPS) is 11.2. The molecule has 0 saturated heterocycles. The minimum atomic E-state index is 0.725. The van der Waals surface area contributed by atoms with E-state index >= 15 is 0 Å². The van der Waals surface area contributed by atoms with Crippen molar-refractivity contribution < 1.29 is 4.74 Å². The first-order valence-corrected chi connectivity index (χ1v) is 5.61. The van der Waals surface area contributed by atoms with Crippen molar-refractivity contribution in [2.24, 2.45) is 5.92 Å². The lowest BCUT2D eigenvalue weighted by molar-refractivity contribution is 0.340. The maximum Gasteiger partial charge on any atom is 0.119 e. The van der Waals surface area contributed by atoms with Crippen molar-refractivity contribution in [1.29, 1.82) is 0 Å². The van der Waals surface area contributed by atoms with E-state index in [0.29, 0.717) is 0 Å². The van der Waals surface area contributed by atoms with Gasteiger partial charge < -0.3 is 4.74 Å². The maximum atomic E-state index is 5.38. The lowest BCUT2D eigenvalue weighted by Crippen LogP contribution is -1.90. The Hall–Kier alpha value is -1.24. The van der Waals surface area contributed by atoms with Crippen LogP contribution in [0.4, 0.5) is 0 Å². The predicted octanol–water partition coefficient (Wildman–Crippen LogP) is 4.14. The fourth-order valence-corrected chi connectivity index (χ4v) is 1.32. The molecule has 0 fully saturated rings. The first-order valence-electron chi connectivity index (χ1n) is 5.61. The molecular weight excluding hydrogens is 184 g/mol. The number of ether oxygens (including phenoxy) is 1.